The molecule has 0 spiro atoms. The molecule has 0 saturated heterocycles. The van der Waals surface area contributed by atoms with Gasteiger partial charge in [-0.1, -0.05) is 13.0 Å². The zero-order valence-electron chi connectivity index (χ0n) is 7.22. The molecule has 3 heteroatoms. The zero-order valence-corrected chi connectivity index (χ0v) is 12.3. The van der Waals surface area contributed by atoms with Crippen LogP contribution < -0.4 is 24.8 Å². The van der Waals surface area contributed by atoms with E-state index in [-0.39, 0.29) is 50.7 Å². The monoisotopic (exact) mass is 379 g/mol. The number of fused-ring (bicyclic) bond motifs is 1. The minimum absolute atomic E-state index is 0. The minimum atomic E-state index is 0. The number of rotatable bonds is 0. The maximum atomic E-state index is 2.16. The van der Waals surface area contributed by atoms with Gasteiger partial charge in [0.1, 0.15) is 0 Å². The second-order valence-electron chi connectivity index (χ2n) is 2.60. The van der Waals surface area contributed by atoms with Crippen molar-refractivity contribution < 1.29 is 50.7 Å². The Labute approximate surface area is 110 Å². The fourth-order valence-corrected chi connectivity index (χ4v) is 1.31. The summed E-state index contributed by atoms with van der Waals surface area (Å²) in [4.78, 5) is 0. The van der Waals surface area contributed by atoms with Gasteiger partial charge in [-0.15, -0.1) is 35.0 Å². The van der Waals surface area contributed by atoms with Gasteiger partial charge in [0.2, 0.25) is 0 Å². The van der Waals surface area contributed by atoms with Crippen LogP contribution in [0.3, 0.4) is 0 Å². The van der Waals surface area contributed by atoms with Gasteiger partial charge in [-0.25, -0.2) is 0 Å². The summed E-state index contributed by atoms with van der Waals surface area (Å²) in [6.07, 6.45) is 0. The quantitative estimate of drug-likeness (QED) is 0.336. The molecule has 0 fully saturated rings. The Kier molecular flexibility index (Phi) is 8.10. The largest absolute Gasteiger partial charge is 1.00 e. The van der Waals surface area contributed by atoms with Gasteiger partial charge in [-0.05, 0) is 0 Å². The van der Waals surface area contributed by atoms with E-state index in [2.05, 4.69) is 43.3 Å². The number of hydrogen-bond donors (Lipinski definition) is 0. The Balaban J connectivity index is 0. The van der Waals surface area contributed by atoms with Crippen LogP contribution in [0.1, 0.15) is 5.56 Å². The number of aryl methyl sites for hydroxylation is 1. The molecular formula is C10H9Cl2Hf-3. The molecule has 70 valence electrons. The molecule has 0 N–H and O–H groups in total. The molecule has 0 radical (unpaired) electrons. The smallest absolute Gasteiger partial charge is 0 e. The molecule has 0 bridgehead atoms. The van der Waals surface area contributed by atoms with Gasteiger partial charge in [0.25, 0.3) is 0 Å². The van der Waals surface area contributed by atoms with Crippen molar-refractivity contribution in [1.82, 2.24) is 0 Å². The van der Waals surface area contributed by atoms with Crippen LogP contribution in [0.15, 0.2) is 36.4 Å². The molecule has 0 atom stereocenters. The third-order valence-electron chi connectivity index (χ3n) is 1.90. The maximum Gasteiger partial charge on any atom is 0 e. The van der Waals surface area contributed by atoms with Crippen LogP contribution in [0.2, 0.25) is 0 Å². The Hall–Kier alpha value is 0.280. The Bertz CT molecular complexity index is 354. The average molecular weight is 379 g/mol. The molecular weight excluding hydrogens is 370 g/mol. The maximum absolute atomic E-state index is 2.16. The first-order chi connectivity index (χ1) is 4.88. The first-order valence-corrected chi connectivity index (χ1v) is 3.49. The average Bonchev–Trinajstić information content (AvgIpc) is 2.34. The van der Waals surface area contributed by atoms with Crippen LogP contribution in [-0.4, -0.2) is 0 Å². The summed E-state index contributed by atoms with van der Waals surface area (Å²) in [6, 6.07) is 12.8. The van der Waals surface area contributed by atoms with Crippen LogP contribution in [0, 0.1) is 6.92 Å². The molecule has 0 unspecified atom stereocenters. The van der Waals surface area contributed by atoms with E-state index in [4.69, 9.17) is 0 Å². The molecule has 0 heterocycles. The van der Waals surface area contributed by atoms with Crippen molar-refractivity contribution in [3.05, 3.63) is 42.0 Å². The topological polar surface area (TPSA) is 0 Å². The summed E-state index contributed by atoms with van der Waals surface area (Å²) >= 11 is 0. The van der Waals surface area contributed by atoms with Crippen molar-refractivity contribution in [2.24, 2.45) is 0 Å². The zero-order chi connectivity index (χ0) is 6.97. The van der Waals surface area contributed by atoms with Crippen molar-refractivity contribution in [2.45, 2.75) is 6.92 Å². The van der Waals surface area contributed by atoms with Gasteiger partial charge in [0.15, 0.2) is 0 Å². The van der Waals surface area contributed by atoms with Crippen molar-refractivity contribution in [3.63, 3.8) is 0 Å². The fourth-order valence-electron chi connectivity index (χ4n) is 1.31. The normalized spacial score (nSPS) is 8.08. The number of halogens is 2. The Morgan fingerprint density at radius 1 is 1.08 bits per heavy atom. The Morgan fingerprint density at radius 2 is 1.69 bits per heavy atom. The fraction of sp³-hybridized carbons (Fsp3) is 0.100. The van der Waals surface area contributed by atoms with Crippen molar-refractivity contribution in [3.8, 4) is 0 Å². The minimum Gasteiger partial charge on any atom is -1.00 e. The molecule has 0 aliphatic heterocycles. The van der Waals surface area contributed by atoms with Gasteiger partial charge in [-0.2, -0.15) is 11.6 Å². The van der Waals surface area contributed by atoms with Gasteiger partial charge < -0.3 is 24.8 Å². The summed E-state index contributed by atoms with van der Waals surface area (Å²) < 4.78 is 0. The van der Waals surface area contributed by atoms with Crippen LogP contribution in [0.5, 0.6) is 0 Å². The van der Waals surface area contributed by atoms with Crippen LogP contribution in [0.4, 0.5) is 0 Å². The molecule has 0 amide bonds. The molecule has 0 aromatic heterocycles. The molecule has 2 aromatic carbocycles. The summed E-state index contributed by atoms with van der Waals surface area (Å²) in [5.74, 6) is 0. The third-order valence-corrected chi connectivity index (χ3v) is 1.90. The van der Waals surface area contributed by atoms with Crippen LogP contribution in [-0.2, 0) is 25.8 Å². The van der Waals surface area contributed by atoms with Gasteiger partial charge in [-0.3, -0.25) is 0 Å². The van der Waals surface area contributed by atoms with Crippen molar-refractivity contribution >= 4 is 10.8 Å². The standard InChI is InChI=1S/C10H9.2ClH.Hf/c1-8-6-7-9-4-2-3-5-10(8)9;;;/h2-7H,1H3;2*1H;/q-1;;;/p-2. The van der Waals surface area contributed by atoms with E-state index < -0.39 is 0 Å². The summed E-state index contributed by atoms with van der Waals surface area (Å²) in [6.45, 7) is 2.14. The predicted octanol–water partition coefficient (Wildman–Crippen LogP) is -3.13. The van der Waals surface area contributed by atoms with Crippen LogP contribution >= 0.6 is 0 Å². The molecule has 13 heavy (non-hydrogen) atoms. The van der Waals surface area contributed by atoms with E-state index in [0.717, 1.165) is 0 Å². The molecule has 0 aliphatic carbocycles. The molecule has 0 nitrogen and oxygen atoms in total. The van der Waals surface area contributed by atoms with Gasteiger partial charge in [0, 0.05) is 25.8 Å². The first kappa shape index (κ1) is 15.7. The van der Waals surface area contributed by atoms with E-state index in [1.807, 2.05) is 0 Å². The van der Waals surface area contributed by atoms with Crippen molar-refractivity contribution in [2.75, 3.05) is 0 Å². The molecule has 2 rings (SSSR count). The molecule has 0 saturated carbocycles. The second-order valence-corrected chi connectivity index (χ2v) is 2.60. The summed E-state index contributed by atoms with van der Waals surface area (Å²) in [7, 11) is 0. The van der Waals surface area contributed by atoms with Gasteiger partial charge >= 0.3 is 0 Å². The Morgan fingerprint density at radius 3 is 2.31 bits per heavy atom. The van der Waals surface area contributed by atoms with E-state index >= 15 is 0 Å². The SMILES string of the molecule is Cc1c[cH-]c2ccccc12.[Cl-].[Cl-].[Hf]. The molecule has 2 aromatic rings. The second kappa shape index (κ2) is 6.69. The van der Waals surface area contributed by atoms with Crippen LogP contribution in [0.25, 0.3) is 10.8 Å². The number of benzene rings is 1. The summed E-state index contributed by atoms with van der Waals surface area (Å²) in [5, 5.41) is 2.72. The van der Waals surface area contributed by atoms with E-state index in [1.54, 1.807) is 0 Å². The van der Waals surface area contributed by atoms with E-state index in [1.165, 1.54) is 16.3 Å². The van der Waals surface area contributed by atoms with E-state index in [9.17, 15) is 0 Å². The third kappa shape index (κ3) is 3.16. The predicted molar refractivity (Wildman–Crippen MR) is 44.3 cm³/mol. The van der Waals surface area contributed by atoms with Gasteiger partial charge in [0.05, 0.1) is 0 Å². The summed E-state index contributed by atoms with van der Waals surface area (Å²) in [5.41, 5.74) is 1.37. The number of hydrogen-bond acceptors (Lipinski definition) is 0. The first-order valence-electron chi connectivity index (χ1n) is 3.49. The van der Waals surface area contributed by atoms with E-state index in [0.29, 0.717) is 0 Å². The molecule has 0 aliphatic rings. The van der Waals surface area contributed by atoms with Crippen molar-refractivity contribution in [1.29, 1.82) is 0 Å².